The van der Waals surface area contributed by atoms with Gasteiger partial charge < -0.3 is 10.1 Å². The minimum Gasteiger partial charge on any atom is -0.382 e. The largest absolute Gasteiger partial charge is 0.382 e. The number of rotatable bonds is 4. The summed E-state index contributed by atoms with van der Waals surface area (Å²) < 4.78 is 6.06. The summed E-state index contributed by atoms with van der Waals surface area (Å²) in [5.74, 6) is -1.10. The lowest BCUT2D eigenvalue weighted by molar-refractivity contribution is -0.125. The Labute approximate surface area is 133 Å². The van der Waals surface area contributed by atoms with Crippen molar-refractivity contribution in [1.82, 2.24) is 5.32 Å². The van der Waals surface area contributed by atoms with E-state index in [2.05, 4.69) is 21.2 Å². The van der Waals surface area contributed by atoms with Crippen LogP contribution in [0.25, 0.3) is 0 Å². The topological polar surface area (TPSA) is 55.4 Å². The first-order valence-corrected chi connectivity index (χ1v) is 7.77. The van der Waals surface area contributed by atoms with E-state index in [1.807, 2.05) is 26.0 Å². The predicted molar refractivity (Wildman–Crippen MR) is 84.4 cm³/mol. The van der Waals surface area contributed by atoms with E-state index in [0.29, 0.717) is 0 Å². The maximum Gasteiger partial charge on any atom is 0.236 e. The Morgan fingerprint density at radius 3 is 2.62 bits per heavy atom. The Morgan fingerprint density at radius 1 is 1.38 bits per heavy atom. The van der Waals surface area contributed by atoms with Gasteiger partial charge in [-0.05, 0) is 49.1 Å². The third kappa shape index (κ3) is 2.77. The third-order valence-corrected chi connectivity index (χ3v) is 4.47. The van der Waals surface area contributed by atoms with Gasteiger partial charge in [-0.3, -0.25) is 9.59 Å². The number of ether oxygens (including phenoxy) is 1. The summed E-state index contributed by atoms with van der Waals surface area (Å²) in [4.78, 5) is 25.1. The fourth-order valence-electron chi connectivity index (χ4n) is 3.03. The molecule has 0 aliphatic carbocycles. The molecule has 0 radical (unpaired) electrons. The van der Waals surface area contributed by atoms with E-state index in [1.165, 1.54) is 7.11 Å². The van der Waals surface area contributed by atoms with E-state index in [1.54, 1.807) is 6.92 Å². The molecule has 0 saturated carbocycles. The standard InChI is InChI=1S/C16H20BrNO3/c1-5-10-7-11(17)6-9(2)12(10)13-14(19)16(3,8-21-4)18-15(13)20/h6-7,13H,5,8H2,1-4H3,(H,18,20). The van der Waals surface area contributed by atoms with Crippen molar-refractivity contribution in [2.45, 2.75) is 38.6 Å². The van der Waals surface area contributed by atoms with Crippen molar-refractivity contribution < 1.29 is 14.3 Å². The summed E-state index contributed by atoms with van der Waals surface area (Å²) in [6.07, 6.45) is 0.771. The SMILES string of the molecule is CCc1cc(Br)cc(C)c1C1C(=O)NC(C)(COC)C1=O. The molecule has 1 aromatic carbocycles. The molecule has 4 nitrogen and oxygen atoms in total. The first kappa shape index (κ1) is 16.2. The highest BCUT2D eigenvalue weighted by molar-refractivity contribution is 9.10. The van der Waals surface area contributed by atoms with Gasteiger partial charge in [0.2, 0.25) is 5.91 Å². The van der Waals surface area contributed by atoms with Gasteiger partial charge in [0.05, 0.1) is 6.61 Å². The second-order valence-electron chi connectivity index (χ2n) is 5.70. The molecule has 1 N–H and O–H groups in total. The summed E-state index contributed by atoms with van der Waals surface area (Å²) >= 11 is 3.47. The molecule has 1 heterocycles. The first-order valence-electron chi connectivity index (χ1n) is 6.98. The maximum absolute atomic E-state index is 12.8. The van der Waals surface area contributed by atoms with Crippen LogP contribution in [0.2, 0.25) is 0 Å². The lowest BCUT2D eigenvalue weighted by Crippen LogP contribution is -2.47. The van der Waals surface area contributed by atoms with Crippen molar-refractivity contribution >= 4 is 27.6 Å². The van der Waals surface area contributed by atoms with E-state index in [4.69, 9.17) is 4.74 Å². The van der Waals surface area contributed by atoms with Crippen LogP contribution in [-0.4, -0.2) is 30.9 Å². The smallest absolute Gasteiger partial charge is 0.236 e. The monoisotopic (exact) mass is 353 g/mol. The summed E-state index contributed by atoms with van der Waals surface area (Å²) in [6.45, 7) is 5.86. The van der Waals surface area contributed by atoms with E-state index < -0.39 is 11.5 Å². The van der Waals surface area contributed by atoms with E-state index in [9.17, 15) is 9.59 Å². The van der Waals surface area contributed by atoms with Gasteiger partial charge in [0, 0.05) is 11.6 Å². The number of hydrogen-bond acceptors (Lipinski definition) is 3. The molecule has 0 bridgehead atoms. The van der Waals surface area contributed by atoms with Gasteiger partial charge in [-0.25, -0.2) is 0 Å². The van der Waals surface area contributed by atoms with Crippen LogP contribution in [0, 0.1) is 6.92 Å². The minimum atomic E-state index is -0.943. The van der Waals surface area contributed by atoms with E-state index in [0.717, 1.165) is 27.6 Å². The quantitative estimate of drug-likeness (QED) is 0.846. The molecule has 1 aliphatic rings. The Morgan fingerprint density at radius 2 is 2.05 bits per heavy atom. The Balaban J connectivity index is 2.53. The number of carbonyl (C=O) groups is 2. The number of carbonyl (C=O) groups excluding carboxylic acids is 2. The number of amides is 1. The van der Waals surface area contributed by atoms with Gasteiger partial charge in [-0.1, -0.05) is 22.9 Å². The van der Waals surface area contributed by atoms with Crippen LogP contribution in [0.15, 0.2) is 16.6 Å². The summed E-state index contributed by atoms with van der Waals surface area (Å²) in [7, 11) is 1.53. The molecule has 2 unspecified atom stereocenters. The van der Waals surface area contributed by atoms with E-state index in [-0.39, 0.29) is 18.3 Å². The zero-order chi connectivity index (χ0) is 15.8. The zero-order valence-corrected chi connectivity index (χ0v) is 14.3. The number of nitrogens with one attached hydrogen (secondary N) is 1. The number of halogens is 1. The van der Waals surface area contributed by atoms with Crippen LogP contribution in [0.4, 0.5) is 0 Å². The van der Waals surface area contributed by atoms with Crippen LogP contribution < -0.4 is 5.32 Å². The lowest BCUT2D eigenvalue weighted by Gasteiger charge is -2.21. The van der Waals surface area contributed by atoms with Crippen molar-refractivity contribution in [3.8, 4) is 0 Å². The van der Waals surface area contributed by atoms with Crippen molar-refractivity contribution in [3.05, 3.63) is 33.3 Å². The molecule has 1 aliphatic heterocycles. The van der Waals surface area contributed by atoms with Crippen LogP contribution in [0.5, 0.6) is 0 Å². The predicted octanol–water partition coefficient (Wildman–Crippen LogP) is 2.51. The van der Waals surface area contributed by atoms with Gasteiger partial charge >= 0.3 is 0 Å². The lowest BCUT2D eigenvalue weighted by atomic mass is 9.83. The number of methoxy groups -OCH3 is 1. The Kier molecular flexibility index (Phi) is 4.54. The number of aryl methyl sites for hydroxylation is 2. The van der Waals surface area contributed by atoms with Gasteiger partial charge in [0.25, 0.3) is 0 Å². The molecule has 2 rings (SSSR count). The fourth-order valence-corrected chi connectivity index (χ4v) is 3.65. The van der Waals surface area contributed by atoms with Crippen molar-refractivity contribution in [1.29, 1.82) is 0 Å². The van der Waals surface area contributed by atoms with Gasteiger partial charge in [-0.15, -0.1) is 0 Å². The number of ketones is 1. The van der Waals surface area contributed by atoms with Gasteiger partial charge in [0.1, 0.15) is 11.5 Å². The normalized spacial score (nSPS) is 25.3. The molecule has 1 aromatic rings. The number of benzene rings is 1. The van der Waals surface area contributed by atoms with Crippen LogP contribution in [0.3, 0.4) is 0 Å². The van der Waals surface area contributed by atoms with Gasteiger partial charge in [-0.2, -0.15) is 0 Å². The minimum absolute atomic E-state index is 0.116. The highest BCUT2D eigenvalue weighted by atomic mass is 79.9. The molecule has 114 valence electrons. The van der Waals surface area contributed by atoms with Crippen molar-refractivity contribution in [2.24, 2.45) is 0 Å². The Bertz CT molecular complexity index is 599. The van der Waals surface area contributed by atoms with Gasteiger partial charge in [0.15, 0.2) is 5.78 Å². The third-order valence-electron chi connectivity index (χ3n) is 4.01. The maximum atomic E-state index is 12.8. The first-order chi connectivity index (χ1) is 9.84. The molecule has 5 heteroatoms. The fraction of sp³-hybridized carbons (Fsp3) is 0.500. The highest BCUT2D eigenvalue weighted by Crippen LogP contribution is 2.35. The summed E-state index contributed by atoms with van der Waals surface area (Å²) in [6, 6.07) is 3.93. The zero-order valence-electron chi connectivity index (χ0n) is 12.7. The number of Topliss-reactive ketones (excluding diaryl/α,β-unsaturated/α-hetero) is 1. The molecule has 0 spiro atoms. The average molecular weight is 354 g/mol. The average Bonchev–Trinajstić information content (AvgIpc) is 2.61. The molecular formula is C16H20BrNO3. The molecule has 21 heavy (non-hydrogen) atoms. The summed E-state index contributed by atoms with van der Waals surface area (Å²) in [5.41, 5.74) is 1.87. The summed E-state index contributed by atoms with van der Waals surface area (Å²) in [5, 5.41) is 2.80. The molecule has 1 saturated heterocycles. The van der Waals surface area contributed by atoms with E-state index >= 15 is 0 Å². The molecule has 0 aromatic heterocycles. The van der Waals surface area contributed by atoms with Crippen LogP contribution in [0.1, 0.15) is 36.5 Å². The Hall–Kier alpha value is -1.20. The second-order valence-corrected chi connectivity index (χ2v) is 6.62. The molecule has 1 fully saturated rings. The molecule has 2 atom stereocenters. The van der Waals surface area contributed by atoms with Crippen LogP contribution >= 0.6 is 15.9 Å². The number of hydrogen-bond donors (Lipinski definition) is 1. The van der Waals surface area contributed by atoms with Crippen LogP contribution in [-0.2, 0) is 20.7 Å². The van der Waals surface area contributed by atoms with Crippen molar-refractivity contribution in [3.63, 3.8) is 0 Å². The molecular weight excluding hydrogens is 334 g/mol. The van der Waals surface area contributed by atoms with Crippen molar-refractivity contribution in [2.75, 3.05) is 13.7 Å². The second kappa shape index (κ2) is 5.89. The molecule has 1 amide bonds. The highest BCUT2D eigenvalue weighted by Gasteiger charge is 2.51.